The summed E-state index contributed by atoms with van der Waals surface area (Å²) in [6.45, 7) is 7.42. The first-order chi connectivity index (χ1) is 13.6. The van der Waals surface area contributed by atoms with Gasteiger partial charge in [-0.15, -0.1) is 0 Å². The lowest BCUT2D eigenvalue weighted by Gasteiger charge is -2.37. The third-order valence-corrected chi connectivity index (χ3v) is 6.44. The lowest BCUT2D eigenvalue weighted by atomic mass is 10.1. The van der Waals surface area contributed by atoms with Crippen molar-refractivity contribution in [1.29, 1.82) is 0 Å². The summed E-state index contributed by atoms with van der Waals surface area (Å²) in [4.78, 5) is 17.6. The van der Waals surface area contributed by atoms with Crippen molar-refractivity contribution < 1.29 is 9.21 Å². The number of carbonyl (C=O) groups is 1. The third-order valence-electron chi connectivity index (χ3n) is 6.44. The molecule has 1 fully saturated rings. The van der Waals surface area contributed by atoms with Crippen LogP contribution >= 0.6 is 0 Å². The molecule has 1 saturated heterocycles. The number of rotatable bonds is 2. The van der Waals surface area contributed by atoms with Crippen LogP contribution in [0.5, 0.6) is 0 Å². The summed E-state index contributed by atoms with van der Waals surface area (Å²) in [7, 11) is 0. The van der Waals surface area contributed by atoms with Crippen molar-refractivity contribution >= 4 is 16.9 Å². The Hall–Kier alpha value is -2.59. The highest BCUT2D eigenvalue weighted by Crippen LogP contribution is 2.29. The third kappa shape index (κ3) is 2.92. The van der Waals surface area contributed by atoms with E-state index in [4.69, 9.17) is 4.42 Å². The maximum absolute atomic E-state index is 13.1. The standard InChI is InChI=1S/C24H26N2O2/c1-16-7-8-21-17(2)23(28-22(21)13-16)24(27)26-11-9-25(10-12-26)20-14-18-5-3-4-6-19(18)15-20/h3-8,13,20H,9-12,14-15H2,1-2H3. The van der Waals surface area contributed by atoms with Gasteiger partial charge in [0.05, 0.1) is 0 Å². The van der Waals surface area contributed by atoms with E-state index in [0.717, 1.165) is 61.1 Å². The SMILES string of the molecule is Cc1ccc2c(C)c(C(=O)N3CCN(C4Cc5ccccc5C4)CC3)oc2c1. The second kappa shape index (κ2) is 6.78. The van der Waals surface area contributed by atoms with Gasteiger partial charge in [0.2, 0.25) is 0 Å². The lowest BCUT2D eigenvalue weighted by Crippen LogP contribution is -2.52. The Bertz CT molecular complexity index is 1020. The van der Waals surface area contributed by atoms with E-state index in [1.54, 1.807) is 0 Å². The molecule has 0 radical (unpaired) electrons. The van der Waals surface area contributed by atoms with E-state index >= 15 is 0 Å². The largest absolute Gasteiger partial charge is 0.451 e. The highest BCUT2D eigenvalue weighted by atomic mass is 16.3. The number of carbonyl (C=O) groups excluding carboxylic acids is 1. The number of piperazine rings is 1. The molecule has 0 N–H and O–H groups in total. The first-order valence-electron chi connectivity index (χ1n) is 10.2. The van der Waals surface area contributed by atoms with Crippen molar-refractivity contribution in [2.75, 3.05) is 26.2 Å². The molecule has 1 aliphatic heterocycles. The fourth-order valence-electron chi connectivity index (χ4n) is 4.76. The van der Waals surface area contributed by atoms with Gasteiger partial charge in [0.25, 0.3) is 5.91 Å². The first-order valence-corrected chi connectivity index (χ1v) is 10.2. The minimum Gasteiger partial charge on any atom is -0.451 e. The molecule has 3 aromatic rings. The Morgan fingerprint density at radius 1 is 0.964 bits per heavy atom. The van der Waals surface area contributed by atoms with Crippen molar-refractivity contribution in [1.82, 2.24) is 9.80 Å². The van der Waals surface area contributed by atoms with Gasteiger partial charge >= 0.3 is 0 Å². The van der Waals surface area contributed by atoms with Crippen LogP contribution in [-0.4, -0.2) is 47.9 Å². The Kier molecular flexibility index (Phi) is 4.24. The lowest BCUT2D eigenvalue weighted by molar-refractivity contribution is 0.0548. The number of hydrogen-bond acceptors (Lipinski definition) is 3. The molecule has 0 saturated carbocycles. The van der Waals surface area contributed by atoms with Crippen LogP contribution in [-0.2, 0) is 12.8 Å². The maximum Gasteiger partial charge on any atom is 0.289 e. The second-order valence-corrected chi connectivity index (χ2v) is 8.21. The Balaban J connectivity index is 1.27. The molecule has 0 spiro atoms. The minimum absolute atomic E-state index is 0.0284. The van der Waals surface area contributed by atoms with Crippen molar-refractivity contribution in [3.63, 3.8) is 0 Å². The van der Waals surface area contributed by atoms with E-state index in [-0.39, 0.29) is 5.91 Å². The summed E-state index contributed by atoms with van der Waals surface area (Å²) in [6, 6.07) is 15.5. The van der Waals surface area contributed by atoms with Gasteiger partial charge in [-0.25, -0.2) is 0 Å². The molecule has 2 aliphatic rings. The Labute approximate surface area is 165 Å². The van der Waals surface area contributed by atoms with Gasteiger partial charge in [0, 0.05) is 43.2 Å². The van der Waals surface area contributed by atoms with Crippen LogP contribution in [0.15, 0.2) is 46.9 Å². The number of nitrogens with zero attached hydrogens (tertiary/aromatic N) is 2. The van der Waals surface area contributed by atoms with Crippen molar-refractivity contribution in [2.45, 2.75) is 32.7 Å². The van der Waals surface area contributed by atoms with Crippen LogP contribution in [0, 0.1) is 13.8 Å². The number of aryl methyl sites for hydroxylation is 2. The highest BCUT2D eigenvalue weighted by molar-refractivity contribution is 5.99. The molecule has 144 valence electrons. The first kappa shape index (κ1) is 17.5. The molecular weight excluding hydrogens is 348 g/mol. The van der Waals surface area contributed by atoms with Gasteiger partial charge in [-0.2, -0.15) is 0 Å². The summed E-state index contributed by atoms with van der Waals surface area (Å²) in [5.74, 6) is 0.531. The van der Waals surface area contributed by atoms with Gasteiger partial charge < -0.3 is 9.32 Å². The molecule has 2 heterocycles. The average Bonchev–Trinajstić information content (AvgIpc) is 3.28. The predicted octanol–water partition coefficient (Wildman–Crippen LogP) is 3.97. The molecule has 0 bridgehead atoms. The van der Waals surface area contributed by atoms with E-state index in [2.05, 4.69) is 41.3 Å². The van der Waals surface area contributed by atoms with Gasteiger partial charge in [0.15, 0.2) is 5.76 Å². The molecule has 5 rings (SSSR count). The molecule has 1 aromatic heterocycles. The predicted molar refractivity (Wildman–Crippen MR) is 111 cm³/mol. The second-order valence-electron chi connectivity index (χ2n) is 8.21. The number of amides is 1. The van der Waals surface area contributed by atoms with Crippen LogP contribution in [0.3, 0.4) is 0 Å². The van der Waals surface area contributed by atoms with Crippen molar-refractivity contribution in [3.8, 4) is 0 Å². The summed E-state index contributed by atoms with van der Waals surface area (Å²) >= 11 is 0. The maximum atomic E-state index is 13.1. The number of furan rings is 1. The number of benzene rings is 2. The summed E-state index contributed by atoms with van der Waals surface area (Å²) in [5.41, 5.74) is 5.88. The zero-order chi connectivity index (χ0) is 19.3. The smallest absolute Gasteiger partial charge is 0.289 e. The molecule has 4 heteroatoms. The number of hydrogen-bond donors (Lipinski definition) is 0. The number of fused-ring (bicyclic) bond motifs is 2. The zero-order valence-corrected chi connectivity index (χ0v) is 16.6. The molecule has 0 atom stereocenters. The molecule has 1 aliphatic carbocycles. The molecular formula is C24H26N2O2. The summed E-state index contributed by atoms with van der Waals surface area (Å²) in [6.07, 6.45) is 2.26. The fraction of sp³-hybridized carbons (Fsp3) is 0.375. The van der Waals surface area contributed by atoms with E-state index in [0.29, 0.717) is 11.8 Å². The Morgan fingerprint density at radius 2 is 1.64 bits per heavy atom. The molecule has 1 amide bonds. The summed E-state index contributed by atoms with van der Waals surface area (Å²) in [5, 5.41) is 1.04. The molecule has 4 nitrogen and oxygen atoms in total. The molecule has 2 aromatic carbocycles. The van der Waals surface area contributed by atoms with Gasteiger partial charge in [-0.3, -0.25) is 9.69 Å². The highest BCUT2D eigenvalue weighted by Gasteiger charge is 2.32. The quantitative estimate of drug-likeness (QED) is 0.681. The Morgan fingerprint density at radius 3 is 2.32 bits per heavy atom. The molecule has 0 unspecified atom stereocenters. The van der Waals surface area contributed by atoms with Gasteiger partial charge in [0.1, 0.15) is 5.58 Å². The van der Waals surface area contributed by atoms with Crippen molar-refractivity contribution in [3.05, 3.63) is 70.5 Å². The monoisotopic (exact) mass is 374 g/mol. The van der Waals surface area contributed by atoms with E-state index < -0.39 is 0 Å². The van der Waals surface area contributed by atoms with Gasteiger partial charge in [-0.05, 0) is 49.4 Å². The van der Waals surface area contributed by atoms with E-state index in [9.17, 15) is 4.79 Å². The van der Waals surface area contributed by atoms with Crippen LogP contribution < -0.4 is 0 Å². The molecule has 28 heavy (non-hydrogen) atoms. The summed E-state index contributed by atoms with van der Waals surface area (Å²) < 4.78 is 5.96. The minimum atomic E-state index is 0.0284. The van der Waals surface area contributed by atoms with Crippen LogP contribution in [0.2, 0.25) is 0 Å². The topological polar surface area (TPSA) is 36.7 Å². The normalized spacial score (nSPS) is 18.0. The zero-order valence-electron chi connectivity index (χ0n) is 16.6. The van der Waals surface area contributed by atoms with E-state index in [1.807, 2.05) is 24.8 Å². The van der Waals surface area contributed by atoms with E-state index in [1.165, 1.54) is 11.1 Å². The van der Waals surface area contributed by atoms with Crippen LogP contribution in [0.4, 0.5) is 0 Å². The average molecular weight is 374 g/mol. The van der Waals surface area contributed by atoms with Crippen molar-refractivity contribution in [2.24, 2.45) is 0 Å². The van der Waals surface area contributed by atoms with Crippen LogP contribution in [0.25, 0.3) is 11.0 Å². The van der Waals surface area contributed by atoms with Gasteiger partial charge in [-0.1, -0.05) is 36.4 Å². The van der Waals surface area contributed by atoms with Crippen LogP contribution in [0.1, 0.15) is 32.8 Å². The fourth-order valence-corrected chi connectivity index (χ4v) is 4.76.